The molecule has 0 unspecified atom stereocenters. The van der Waals surface area contributed by atoms with Gasteiger partial charge in [0.2, 0.25) is 0 Å². The molecule has 0 aliphatic carbocycles. The highest BCUT2D eigenvalue weighted by atomic mass is 15.1. The van der Waals surface area contributed by atoms with Crippen LogP contribution in [0, 0.1) is 11.3 Å². The molecule has 0 aliphatic rings. The minimum Gasteiger partial charge on any atom is -0.363 e. The van der Waals surface area contributed by atoms with Gasteiger partial charge >= 0.3 is 0 Å². The van der Waals surface area contributed by atoms with E-state index in [-0.39, 0.29) is 0 Å². The minimum atomic E-state index is 0.426. The van der Waals surface area contributed by atoms with Crippen LogP contribution in [0.2, 0.25) is 0 Å². The second kappa shape index (κ2) is 3.85. The molecular formula is C9H12N4. The van der Waals surface area contributed by atoms with E-state index in [1.807, 2.05) is 32.0 Å². The Morgan fingerprint density at radius 2 is 2.15 bits per heavy atom. The number of aryl methyl sites for hydroxylation is 1. The van der Waals surface area contributed by atoms with Gasteiger partial charge in [0.05, 0.1) is 0 Å². The van der Waals surface area contributed by atoms with Crippen LogP contribution in [0.4, 0.5) is 5.82 Å². The molecule has 13 heavy (non-hydrogen) atoms. The smallest absolute Gasteiger partial charge is 0.146 e. The Labute approximate surface area is 77.8 Å². The second-order valence-corrected chi connectivity index (χ2v) is 2.89. The van der Waals surface area contributed by atoms with Crippen molar-refractivity contribution >= 4 is 5.82 Å². The fraction of sp³-hybridized carbons (Fsp3) is 0.444. The van der Waals surface area contributed by atoms with Crippen LogP contribution in [0.15, 0.2) is 6.07 Å². The molecule has 1 rings (SSSR count). The van der Waals surface area contributed by atoms with Gasteiger partial charge in [-0.05, 0) is 0 Å². The minimum absolute atomic E-state index is 0.426. The number of nitriles is 1. The van der Waals surface area contributed by atoms with Crippen molar-refractivity contribution in [2.75, 3.05) is 19.0 Å². The van der Waals surface area contributed by atoms with Gasteiger partial charge in [-0.2, -0.15) is 5.26 Å². The third-order valence-electron chi connectivity index (χ3n) is 1.65. The largest absolute Gasteiger partial charge is 0.363 e. The van der Waals surface area contributed by atoms with Gasteiger partial charge in [0.25, 0.3) is 0 Å². The molecule has 0 aliphatic heterocycles. The first-order valence-corrected chi connectivity index (χ1v) is 4.12. The lowest BCUT2D eigenvalue weighted by atomic mass is 10.3. The van der Waals surface area contributed by atoms with E-state index in [2.05, 4.69) is 9.97 Å². The van der Waals surface area contributed by atoms with Crippen LogP contribution in [0.25, 0.3) is 0 Å². The number of anilines is 1. The number of nitrogens with zero attached hydrogens (tertiary/aromatic N) is 4. The summed E-state index contributed by atoms with van der Waals surface area (Å²) in [5, 5.41) is 8.70. The van der Waals surface area contributed by atoms with Gasteiger partial charge in [0.15, 0.2) is 0 Å². The van der Waals surface area contributed by atoms with Crippen LogP contribution in [0.3, 0.4) is 0 Å². The van der Waals surface area contributed by atoms with E-state index in [9.17, 15) is 0 Å². The summed E-state index contributed by atoms with van der Waals surface area (Å²) in [4.78, 5) is 10.2. The first-order chi connectivity index (χ1) is 6.17. The fourth-order valence-electron chi connectivity index (χ4n) is 0.928. The van der Waals surface area contributed by atoms with Gasteiger partial charge < -0.3 is 4.90 Å². The number of aromatic nitrogens is 2. The van der Waals surface area contributed by atoms with Crippen molar-refractivity contribution in [1.29, 1.82) is 5.26 Å². The molecule has 0 aromatic carbocycles. The summed E-state index contributed by atoms with van der Waals surface area (Å²) in [6.45, 7) is 1.97. The third-order valence-corrected chi connectivity index (χ3v) is 1.65. The molecule has 0 saturated heterocycles. The van der Waals surface area contributed by atoms with Crippen LogP contribution < -0.4 is 4.90 Å². The fourth-order valence-corrected chi connectivity index (χ4v) is 0.928. The van der Waals surface area contributed by atoms with E-state index in [1.54, 1.807) is 6.07 Å². The van der Waals surface area contributed by atoms with Crippen molar-refractivity contribution < 1.29 is 0 Å². The highest BCUT2D eigenvalue weighted by molar-refractivity contribution is 5.41. The average Bonchev–Trinajstić information content (AvgIpc) is 2.16. The summed E-state index contributed by atoms with van der Waals surface area (Å²) in [5.41, 5.74) is 0.426. The van der Waals surface area contributed by atoms with Gasteiger partial charge in [-0.1, -0.05) is 6.92 Å². The Kier molecular flexibility index (Phi) is 2.80. The number of rotatable bonds is 2. The van der Waals surface area contributed by atoms with E-state index >= 15 is 0 Å². The Hall–Kier alpha value is -1.63. The van der Waals surface area contributed by atoms with Gasteiger partial charge in [0, 0.05) is 26.6 Å². The summed E-state index contributed by atoms with van der Waals surface area (Å²) in [5.74, 6) is 1.49. The Morgan fingerprint density at radius 3 is 2.62 bits per heavy atom. The van der Waals surface area contributed by atoms with Crippen LogP contribution >= 0.6 is 0 Å². The Bertz CT molecular complexity index is 338. The molecule has 0 atom stereocenters. The van der Waals surface area contributed by atoms with Gasteiger partial charge in [-0.25, -0.2) is 9.97 Å². The molecule has 0 bridgehead atoms. The highest BCUT2D eigenvalue weighted by Crippen LogP contribution is 2.09. The molecular weight excluding hydrogens is 164 g/mol. The third kappa shape index (κ3) is 2.15. The zero-order valence-electron chi connectivity index (χ0n) is 8.07. The quantitative estimate of drug-likeness (QED) is 0.674. The molecule has 0 amide bonds. The van der Waals surface area contributed by atoms with E-state index < -0.39 is 0 Å². The van der Waals surface area contributed by atoms with Crippen LogP contribution in [0.1, 0.15) is 18.4 Å². The molecule has 0 N–H and O–H groups in total. The lowest BCUT2D eigenvalue weighted by Gasteiger charge is -2.11. The maximum atomic E-state index is 8.70. The van der Waals surface area contributed by atoms with Gasteiger partial charge in [-0.3, -0.25) is 0 Å². The molecule has 1 heterocycles. The van der Waals surface area contributed by atoms with Crippen molar-refractivity contribution in [3.05, 3.63) is 17.6 Å². The summed E-state index contributed by atoms with van der Waals surface area (Å²) < 4.78 is 0. The molecule has 0 spiro atoms. The topological polar surface area (TPSA) is 52.8 Å². The predicted octanol–water partition coefficient (Wildman–Crippen LogP) is 0.977. The van der Waals surface area contributed by atoms with E-state index in [0.29, 0.717) is 11.5 Å². The summed E-state index contributed by atoms with van der Waals surface area (Å²) in [6.07, 6.45) is 0.746. The zero-order chi connectivity index (χ0) is 9.84. The molecule has 0 radical (unpaired) electrons. The summed E-state index contributed by atoms with van der Waals surface area (Å²) in [7, 11) is 3.78. The van der Waals surface area contributed by atoms with Crippen LogP contribution in [-0.2, 0) is 6.42 Å². The average molecular weight is 176 g/mol. The van der Waals surface area contributed by atoms with Gasteiger partial charge in [0.1, 0.15) is 23.4 Å². The first kappa shape index (κ1) is 9.46. The lowest BCUT2D eigenvalue weighted by molar-refractivity contribution is 0.908. The van der Waals surface area contributed by atoms with Crippen molar-refractivity contribution in [3.8, 4) is 6.07 Å². The standard InChI is InChI=1S/C9H12N4/c1-4-8-11-7(6-10)5-9(12-8)13(2)3/h5H,4H2,1-3H3. The highest BCUT2D eigenvalue weighted by Gasteiger charge is 2.03. The molecule has 1 aromatic heterocycles. The molecule has 68 valence electrons. The summed E-state index contributed by atoms with van der Waals surface area (Å²) in [6, 6.07) is 3.70. The SMILES string of the molecule is CCc1nc(C#N)cc(N(C)C)n1. The summed E-state index contributed by atoms with van der Waals surface area (Å²) >= 11 is 0. The molecule has 1 aromatic rings. The second-order valence-electron chi connectivity index (χ2n) is 2.89. The van der Waals surface area contributed by atoms with Crippen molar-refractivity contribution in [1.82, 2.24) is 9.97 Å². The van der Waals surface area contributed by atoms with Crippen LogP contribution in [-0.4, -0.2) is 24.1 Å². The van der Waals surface area contributed by atoms with Crippen molar-refractivity contribution in [2.45, 2.75) is 13.3 Å². The van der Waals surface area contributed by atoms with Crippen LogP contribution in [0.5, 0.6) is 0 Å². The van der Waals surface area contributed by atoms with E-state index in [0.717, 1.165) is 12.2 Å². The Morgan fingerprint density at radius 1 is 1.46 bits per heavy atom. The van der Waals surface area contributed by atoms with Gasteiger partial charge in [-0.15, -0.1) is 0 Å². The van der Waals surface area contributed by atoms with E-state index in [4.69, 9.17) is 5.26 Å². The maximum absolute atomic E-state index is 8.70. The Balaban J connectivity index is 3.17. The van der Waals surface area contributed by atoms with Crippen molar-refractivity contribution in [3.63, 3.8) is 0 Å². The molecule has 0 fully saturated rings. The monoisotopic (exact) mass is 176 g/mol. The first-order valence-electron chi connectivity index (χ1n) is 4.12. The zero-order valence-corrected chi connectivity index (χ0v) is 8.07. The number of hydrogen-bond donors (Lipinski definition) is 0. The predicted molar refractivity (Wildman–Crippen MR) is 50.5 cm³/mol. The molecule has 0 saturated carbocycles. The normalized spacial score (nSPS) is 9.38. The molecule has 4 nitrogen and oxygen atoms in total. The van der Waals surface area contributed by atoms with E-state index in [1.165, 1.54) is 0 Å². The lowest BCUT2D eigenvalue weighted by Crippen LogP contribution is -2.12. The maximum Gasteiger partial charge on any atom is 0.146 e. The van der Waals surface area contributed by atoms with Crippen molar-refractivity contribution in [2.24, 2.45) is 0 Å². The molecule has 4 heteroatoms. The number of hydrogen-bond acceptors (Lipinski definition) is 4.